The zero-order chi connectivity index (χ0) is 13.6. The fourth-order valence-corrected chi connectivity index (χ4v) is 4.46. The minimum absolute atomic E-state index is 0.0798. The van der Waals surface area contributed by atoms with Gasteiger partial charge in [-0.1, -0.05) is 18.9 Å². The molecule has 3 rings (SSSR count). The van der Waals surface area contributed by atoms with Crippen LogP contribution in [-0.2, 0) is 14.3 Å². The van der Waals surface area contributed by atoms with Crippen molar-refractivity contribution in [1.29, 1.82) is 0 Å². The molecule has 0 aromatic carbocycles. The van der Waals surface area contributed by atoms with Crippen LogP contribution in [0.15, 0.2) is 11.1 Å². The van der Waals surface area contributed by atoms with Gasteiger partial charge in [-0.3, -0.25) is 4.79 Å². The summed E-state index contributed by atoms with van der Waals surface area (Å²) in [6.45, 7) is 4.46. The first kappa shape index (κ1) is 12.9. The Morgan fingerprint density at radius 1 is 1.26 bits per heavy atom. The van der Waals surface area contributed by atoms with E-state index in [2.05, 4.69) is 6.92 Å². The largest absolute Gasteiger partial charge is 0.462 e. The Morgan fingerprint density at radius 2 is 1.95 bits per heavy atom. The molecule has 3 aliphatic carbocycles. The Kier molecular flexibility index (Phi) is 3.23. The lowest BCUT2D eigenvalue weighted by Crippen LogP contribution is -2.25. The molecule has 3 aliphatic rings. The minimum Gasteiger partial charge on any atom is -0.462 e. The van der Waals surface area contributed by atoms with Crippen LogP contribution in [-0.4, -0.2) is 18.4 Å². The molecule has 0 heterocycles. The third kappa shape index (κ3) is 1.86. The maximum Gasteiger partial charge on any atom is 0.341 e. The Labute approximate surface area is 114 Å². The van der Waals surface area contributed by atoms with Gasteiger partial charge in [0, 0.05) is 5.92 Å². The molecule has 3 nitrogen and oxygen atoms in total. The average Bonchev–Trinajstić information content (AvgIpc) is 3.04. The lowest BCUT2D eigenvalue weighted by atomic mass is 9.79. The lowest BCUT2D eigenvalue weighted by molar-refractivity contribution is -0.140. The summed E-state index contributed by atoms with van der Waals surface area (Å²) in [5.41, 5.74) is 1.41. The number of rotatable bonds is 4. The number of carbonyl (C=O) groups is 2. The van der Waals surface area contributed by atoms with E-state index in [9.17, 15) is 9.59 Å². The Bertz CT molecular complexity index is 449. The Balaban J connectivity index is 1.78. The highest BCUT2D eigenvalue weighted by atomic mass is 16.5. The SMILES string of the molecule is CCCCOC(=O)C1=C(C)[C@H]2[C@@H]3CC[C@@H](C3)[C@H]2C1=O. The number of hydrogen-bond donors (Lipinski definition) is 0. The maximum atomic E-state index is 12.5. The van der Waals surface area contributed by atoms with Crippen LogP contribution in [0.3, 0.4) is 0 Å². The van der Waals surface area contributed by atoms with Gasteiger partial charge in [0.05, 0.1) is 6.61 Å². The fourth-order valence-electron chi connectivity index (χ4n) is 4.46. The number of fused-ring (bicyclic) bond motifs is 5. The van der Waals surface area contributed by atoms with E-state index in [0.29, 0.717) is 29.9 Å². The monoisotopic (exact) mass is 262 g/mol. The second kappa shape index (κ2) is 4.77. The molecule has 2 bridgehead atoms. The molecule has 104 valence electrons. The molecule has 0 aromatic rings. The zero-order valence-electron chi connectivity index (χ0n) is 11.8. The summed E-state index contributed by atoms with van der Waals surface area (Å²) in [6, 6.07) is 0. The molecule has 0 spiro atoms. The van der Waals surface area contributed by atoms with E-state index in [-0.39, 0.29) is 17.7 Å². The number of hydrogen-bond acceptors (Lipinski definition) is 3. The van der Waals surface area contributed by atoms with Crippen LogP contribution < -0.4 is 0 Å². The number of unbranched alkanes of at least 4 members (excludes halogenated alkanes) is 1. The minimum atomic E-state index is -0.371. The van der Waals surface area contributed by atoms with Crippen LogP contribution in [0.5, 0.6) is 0 Å². The number of allylic oxidation sites excluding steroid dienone is 1. The van der Waals surface area contributed by atoms with Gasteiger partial charge in [-0.15, -0.1) is 0 Å². The Morgan fingerprint density at radius 3 is 2.58 bits per heavy atom. The summed E-state index contributed by atoms with van der Waals surface area (Å²) >= 11 is 0. The van der Waals surface area contributed by atoms with Gasteiger partial charge in [0.15, 0.2) is 5.78 Å². The lowest BCUT2D eigenvalue weighted by Gasteiger charge is -2.24. The van der Waals surface area contributed by atoms with Gasteiger partial charge < -0.3 is 4.74 Å². The quantitative estimate of drug-likeness (QED) is 0.444. The van der Waals surface area contributed by atoms with E-state index >= 15 is 0 Å². The van der Waals surface area contributed by atoms with Crippen LogP contribution in [0, 0.1) is 23.7 Å². The maximum absolute atomic E-state index is 12.5. The second-order valence-electron chi connectivity index (χ2n) is 6.30. The molecule has 3 heteroatoms. The van der Waals surface area contributed by atoms with Gasteiger partial charge in [0.25, 0.3) is 0 Å². The van der Waals surface area contributed by atoms with Crippen LogP contribution in [0.25, 0.3) is 0 Å². The highest BCUT2D eigenvalue weighted by Gasteiger charge is 2.57. The zero-order valence-corrected chi connectivity index (χ0v) is 11.8. The third-order valence-electron chi connectivity index (χ3n) is 5.30. The molecule has 0 amide bonds. The molecule has 19 heavy (non-hydrogen) atoms. The van der Waals surface area contributed by atoms with Crippen molar-refractivity contribution in [2.45, 2.75) is 46.0 Å². The van der Waals surface area contributed by atoms with Gasteiger partial charge in [-0.05, 0) is 50.4 Å². The fraction of sp³-hybridized carbons (Fsp3) is 0.750. The smallest absolute Gasteiger partial charge is 0.341 e. The molecule has 0 saturated heterocycles. The van der Waals surface area contributed by atoms with E-state index in [1.54, 1.807) is 0 Å². The topological polar surface area (TPSA) is 43.4 Å². The molecule has 0 aromatic heterocycles. The van der Waals surface area contributed by atoms with Crippen molar-refractivity contribution < 1.29 is 14.3 Å². The van der Waals surface area contributed by atoms with Gasteiger partial charge in [0.2, 0.25) is 0 Å². The molecular weight excluding hydrogens is 240 g/mol. The van der Waals surface area contributed by atoms with Crippen molar-refractivity contribution >= 4 is 11.8 Å². The van der Waals surface area contributed by atoms with Crippen molar-refractivity contribution in [3.63, 3.8) is 0 Å². The van der Waals surface area contributed by atoms with E-state index in [1.165, 1.54) is 19.3 Å². The molecule has 2 fully saturated rings. The van der Waals surface area contributed by atoms with Crippen LogP contribution in [0.2, 0.25) is 0 Å². The third-order valence-corrected chi connectivity index (χ3v) is 5.30. The van der Waals surface area contributed by atoms with Gasteiger partial charge in [0.1, 0.15) is 5.57 Å². The standard InChI is InChI=1S/C16H22O3/c1-3-4-7-19-16(18)13-9(2)12-10-5-6-11(8-10)14(12)15(13)17/h10-12,14H,3-8H2,1-2H3/t10-,11+,12+,14-/m1/s1. The number of ether oxygens (including phenoxy) is 1. The van der Waals surface area contributed by atoms with Crippen molar-refractivity contribution in [2.75, 3.05) is 6.61 Å². The highest BCUT2D eigenvalue weighted by Crippen LogP contribution is 2.59. The van der Waals surface area contributed by atoms with Gasteiger partial charge in [-0.25, -0.2) is 4.79 Å². The van der Waals surface area contributed by atoms with Crippen LogP contribution in [0.4, 0.5) is 0 Å². The summed E-state index contributed by atoms with van der Waals surface area (Å²) in [5, 5.41) is 0. The predicted molar refractivity (Wildman–Crippen MR) is 71.4 cm³/mol. The summed E-state index contributed by atoms with van der Waals surface area (Å²) in [7, 11) is 0. The van der Waals surface area contributed by atoms with E-state index in [4.69, 9.17) is 4.74 Å². The number of Topliss-reactive ketones (excluding diaryl/α,β-unsaturated/α-hetero) is 1. The summed E-state index contributed by atoms with van der Waals surface area (Å²) < 4.78 is 5.25. The van der Waals surface area contributed by atoms with E-state index < -0.39 is 0 Å². The molecule has 0 aliphatic heterocycles. The predicted octanol–water partition coefficient (Wildman–Crippen LogP) is 2.89. The van der Waals surface area contributed by atoms with Crippen molar-refractivity contribution in [3.05, 3.63) is 11.1 Å². The van der Waals surface area contributed by atoms with Crippen molar-refractivity contribution in [3.8, 4) is 0 Å². The van der Waals surface area contributed by atoms with Gasteiger partial charge >= 0.3 is 5.97 Å². The average molecular weight is 262 g/mol. The molecule has 4 atom stereocenters. The molecule has 0 unspecified atom stereocenters. The number of carbonyl (C=O) groups excluding carboxylic acids is 2. The molecule has 0 N–H and O–H groups in total. The number of ketones is 1. The van der Waals surface area contributed by atoms with E-state index in [0.717, 1.165) is 18.4 Å². The van der Waals surface area contributed by atoms with Crippen LogP contribution in [0.1, 0.15) is 46.0 Å². The molecule has 0 radical (unpaired) electrons. The first-order chi connectivity index (χ1) is 9.15. The molecule has 2 saturated carbocycles. The normalized spacial score (nSPS) is 36.0. The molecular formula is C16H22O3. The van der Waals surface area contributed by atoms with Crippen molar-refractivity contribution in [2.24, 2.45) is 23.7 Å². The number of esters is 1. The first-order valence-corrected chi connectivity index (χ1v) is 7.57. The second-order valence-corrected chi connectivity index (χ2v) is 6.30. The Hall–Kier alpha value is -1.12. The van der Waals surface area contributed by atoms with Crippen molar-refractivity contribution in [1.82, 2.24) is 0 Å². The summed E-state index contributed by atoms with van der Waals surface area (Å²) in [5.74, 6) is 1.33. The first-order valence-electron chi connectivity index (χ1n) is 7.57. The summed E-state index contributed by atoms with van der Waals surface area (Å²) in [6.07, 6.45) is 5.45. The van der Waals surface area contributed by atoms with Gasteiger partial charge in [-0.2, -0.15) is 0 Å². The highest BCUT2D eigenvalue weighted by molar-refractivity contribution is 6.21. The summed E-state index contributed by atoms with van der Waals surface area (Å²) in [4.78, 5) is 24.6. The van der Waals surface area contributed by atoms with E-state index in [1.807, 2.05) is 6.92 Å². The van der Waals surface area contributed by atoms with Crippen LogP contribution >= 0.6 is 0 Å².